The number of nitrogens with two attached hydrogens (primary N) is 1. The minimum atomic E-state index is -1.51. The van der Waals surface area contributed by atoms with Crippen molar-refractivity contribution in [3.8, 4) is 0 Å². The lowest BCUT2D eigenvalue weighted by molar-refractivity contribution is -0.384. The Morgan fingerprint density at radius 1 is 1.43 bits per heavy atom. The number of aliphatic carboxylic acids is 1. The number of nitro groups is 1. The molecule has 0 spiro atoms. The van der Waals surface area contributed by atoms with Crippen molar-refractivity contribution < 1.29 is 24.4 Å². The van der Waals surface area contributed by atoms with E-state index in [9.17, 15) is 24.5 Å². The van der Waals surface area contributed by atoms with Crippen LogP contribution in [0.1, 0.15) is 16.8 Å². The largest absolute Gasteiger partial charge is 0.480 e. The second-order valence-corrected chi connectivity index (χ2v) is 4.81. The number of halogens is 1. The quantitative estimate of drug-likeness (QED) is 0.494. The third-order valence-corrected chi connectivity index (χ3v) is 3.11. The number of non-ortho nitro benzene ring substituents is 1. The van der Waals surface area contributed by atoms with Crippen molar-refractivity contribution in [1.82, 2.24) is 5.32 Å². The zero-order valence-electron chi connectivity index (χ0n) is 10.4. The molecule has 1 atom stereocenters. The monoisotopic (exact) mass is 359 g/mol. The van der Waals surface area contributed by atoms with E-state index in [1.54, 1.807) is 0 Å². The van der Waals surface area contributed by atoms with Crippen LogP contribution >= 0.6 is 15.9 Å². The average Bonchev–Trinajstić information content (AvgIpc) is 2.37. The van der Waals surface area contributed by atoms with Gasteiger partial charge in [0.05, 0.1) is 16.9 Å². The lowest BCUT2D eigenvalue weighted by Crippen LogP contribution is -2.43. The highest BCUT2D eigenvalue weighted by molar-refractivity contribution is 9.10. The van der Waals surface area contributed by atoms with Gasteiger partial charge in [0.25, 0.3) is 11.6 Å². The minimum absolute atomic E-state index is 0.125. The first-order valence-corrected chi connectivity index (χ1v) is 6.27. The van der Waals surface area contributed by atoms with E-state index in [0.29, 0.717) is 0 Å². The number of hydrogen-bond donors (Lipinski definition) is 3. The first kappa shape index (κ1) is 16.6. The molecule has 0 aliphatic rings. The maximum absolute atomic E-state index is 12.0. The minimum Gasteiger partial charge on any atom is -0.480 e. The topological polar surface area (TPSA) is 153 Å². The molecule has 1 aromatic carbocycles. The Morgan fingerprint density at radius 3 is 2.52 bits per heavy atom. The van der Waals surface area contributed by atoms with Crippen LogP contribution in [0.2, 0.25) is 0 Å². The molecule has 0 heterocycles. The molecular weight excluding hydrogens is 350 g/mol. The standard InChI is InChI=1S/C11H10BrN3O6/c12-7-2-1-5(15(20)21)3-6(7)10(17)14-8(11(18)19)4-9(13)16/h1-3,8H,4H2,(H2,13,16)(H,14,17)(H,18,19)/t8-/m0/s1. The van der Waals surface area contributed by atoms with E-state index in [1.165, 1.54) is 12.1 Å². The number of carbonyl (C=O) groups excluding carboxylic acids is 2. The van der Waals surface area contributed by atoms with E-state index in [1.807, 2.05) is 0 Å². The Bertz CT molecular complexity index is 618. The van der Waals surface area contributed by atoms with E-state index in [-0.39, 0.29) is 15.7 Å². The van der Waals surface area contributed by atoms with Crippen molar-refractivity contribution in [3.63, 3.8) is 0 Å². The van der Waals surface area contributed by atoms with Crippen LogP contribution in [0, 0.1) is 10.1 Å². The number of hydrogen-bond acceptors (Lipinski definition) is 5. The summed E-state index contributed by atoms with van der Waals surface area (Å²) >= 11 is 3.04. The van der Waals surface area contributed by atoms with Crippen LogP contribution in [0.3, 0.4) is 0 Å². The Morgan fingerprint density at radius 2 is 2.05 bits per heavy atom. The number of primary amides is 1. The van der Waals surface area contributed by atoms with E-state index in [4.69, 9.17) is 10.8 Å². The summed E-state index contributed by atoms with van der Waals surface area (Å²) in [5, 5.41) is 21.6. The first-order chi connectivity index (χ1) is 9.72. The molecule has 0 bridgehead atoms. The predicted octanol–water partition coefficient (Wildman–Crippen LogP) is 0.416. The molecule has 0 fully saturated rings. The highest BCUT2D eigenvalue weighted by Crippen LogP contribution is 2.22. The van der Waals surface area contributed by atoms with Crippen molar-refractivity contribution in [2.24, 2.45) is 5.73 Å². The van der Waals surface area contributed by atoms with Gasteiger partial charge in [-0.25, -0.2) is 4.79 Å². The summed E-state index contributed by atoms with van der Waals surface area (Å²) < 4.78 is 0.244. The zero-order valence-corrected chi connectivity index (χ0v) is 12.0. The molecular formula is C11H10BrN3O6. The molecule has 4 N–H and O–H groups in total. The number of benzene rings is 1. The van der Waals surface area contributed by atoms with E-state index >= 15 is 0 Å². The molecule has 0 unspecified atom stereocenters. The van der Waals surface area contributed by atoms with Crippen molar-refractivity contribution in [2.45, 2.75) is 12.5 Å². The molecule has 0 saturated heterocycles. The molecule has 10 heteroatoms. The number of carboxylic acid groups (broad SMARTS) is 1. The zero-order chi connectivity index (χ0) is 16.2. The number of carbonyl (C=O) groups is 3. The highest BCUT2D eigenvalue weighted by Gasteiger charge is 2.24. The van der Waals surface area contributed by atoms with Crippen molar-refractivity contribution in [2.75, 3.05) is 0 Å². The van der Waals surface area contributed by atoms with Gasteiger partial charge in [0.15, 0.2) is 0 Å². The smallest absolute Gasteiger partial charge is 0.326 e. The predicted molar refractivity (Wildman–Crippen MR) is 73.5 cm³/mol. The third kappa shape index (κ3) is 4.53. The number of nitrogens with one attached hydrogen (secondary N) is 1. The van der Waals surface area contributed by atoms with Crippen LogP contribution < -0.4 is 11.1 Å². The Balaban J connectivity index is 3.02. The van der Waals surface area contributed by atoms with Crippen molar-refractivity contribution in [1.29, 1.82) is 0 Å². The van der Waals surface area contributed by atoms with Gasteiger partial charge >= 0.3 is 5.97 Å². The molecule has 1 rings (SSSR count). The van der Waals surface area contributed by atoms with Crippen molar-refractivity contribution >= 4 is 39.4 Å². The molecule has 0 radical (unpaired) electrons. The number of nitrogens with zero attached hydrogens (tertiary/aromatic N) is 1. The maximum atomic E-state index is 12.0. The van der Waals surface area contributed by atoms with Crippen molar-refractivity contribution in [3.05, 3.63) is 38.3 Å². The average molecular weight is 360 g/mol. The normalized spacial score (nSPS) is 11.5. The summed E-state index contributed by atoms with van der Waals surface area (Å²) in [4.78, 5) is 43.6. The lowest BCUT2D eigenvalue weighted by atomic mass is 10.1. The highest BCUT2D eigenvalue weighted by atomic mass is 79.9. The molecule has 2 amide bonds. The van der Waals surface area contributed by atoms with Gasteiger partial charge in [-0.2, -0.15) is 0 Å². The number of nitro benzene ring substituents is 1. The van der Waals surface area contributed by atoms with Crippen LogP contribution in [0.15, 0.2) is 22.7 Å². The van der Waals surface area contributed by atoms with Gasteiger partial charge in [0.2, 0.25) is 5.91 Å². The van der Waals surface area contributed by atoms with Crippen LogP contribution in [0.5, 0.6) is 0 Å². The summed E-state index contributed by atoms with van der Waals surface area (Å²) in [6.07, 6.45) is -0.590. The SMILES string of the molecule is NC(=O)C[C@H](NC(=O)c1cc([N+](=O)[O-])ccc1Br)C(=O)O. The van der Waals surface area contributed by atoms with Gasteiger partial charge in [-0.1, -0.05) is 0 Å². The van der Waals surface area contributed by atoms with Gasteiger partial charge in [-0.15, -0.1) is 0 Å². The molecule has 0 aliphatic carbocycles. The lowest BCUT2D eigenvalue weighted by Gasteiger charge is -2.13. The summed E-state index contributed by atoms with van der Waals surface area (Å²) in [5.74, 6) is -3.22. The van der Waals surface area contributed by atoms with Crippen LogP contribution in [0.4, 0.5) is 5.69 Å². The van der Waals surface area contributed by atoms with Crippen LogP contribution in [-0.4, -0.2) is 33.9 Å². The second-order valence-electron chi connectivity index (χ2n) is 3.96. The summed E-state index contributed by atoms with van der Waals surface area (Å²) in [7, 11) is 0. The molecule has 0 aliphatic heterocycles. The Kier molecular flexibility index (Phi) is 5.36. The number of amides is 2. The summed E-state index contributed by atoms with van der Waals surface area (Å²) in [5.41, 5.74) is 4.43. The number of carboxylic acids is 1. The van der Waals surface area contributed by atoms with E-state index < -0.39 is 35.2 Å². The fraction of sp³-hybridized carbons (Fsp3) is 0.182. The van der Waals surface area contributed by atoms with E-state index in [0.717, 1.165) is 6.07 Å². The Hall–Kier alpha value is -2.49. The van der Waals surface area contributed by atoms with Gasteiger partial charge in [0.1, 0.15) is 6.04 Å². The fourth-order valence-corrected chi connectivity index (χ4v) is 1.86. The second kappa shape index (κ2) is 6.79. The van der Waals surface area contributed by atoms with Crippen LogP contribution in [-0.2, 0) is 9.59 Å². The van der Waals surface area contributed by atoms with Gasteiger partial charge in [0, 0.05) is 16.6 Å². The third-order valence-electron chi connectivity index (χ3n) is 2.41. The molecule has 0 aromatic heterocycles. The van der Waals surface area contributed by atoms with Crippen LogP contribution in [0.25, 0.3) is 0 Å². The maximum Gasteiger partial charge on any atom is 0.326 e. The van der Waals surface area contributed by atoms with Gasteiger partial charge < -0.3 is 16.2 Å². The van der Waals surface area contributed by atoms with Gasteiger partial charge in [-0.3, -0.25) is 19.7 Å². The summed E-state index contributed by atoms with van der Waals surface area (Å²) in [6, 6.07) is 1.94. The van der Waals surface area contributed by atoms with Gasteiger partial charge in [-0.05, 0) is 22.0 Å². The molecule has 1 aromatic rings. The molecule has 0 saturated carbocycles. The number of rotatable bonds is 6. The molecule has 9 nitrogen and oxygen atoms in total. The van der Waals surface area contributed by atoms with E-state index in [2.05, 4.69) is 21.2 Å². The molecule has 21 heavy (non-hydrogen) atoms. The summed E-state index contributed by atoms with van der Waals surface area (Å²) in [6.45, 7) is 0. The first-order valence-electron chi connectivity index (χ1n) is 5.48. The molecule has 112 valence electrons. The fourth-order valence-electron chi connectivity index (χ4n) is 1.44. The Labute approximate surface area is 126 Å².